The van der Waals surface area contributed by atoms with Crippen molar-refractivity contribution in [2.75, 3.05) is 7.11 Å². The maximum Gasteiger partial charge on any atom is 0.0700 e. The van der Waals surface area contributed by atoms with Gasteiger partial charge in [-0.15, -0.1) is 0 Å². The summed E-state index contributed by atoms with van der Waals surface area (Å²) >= 11 is 7.28. The fraction of sp³-hybridized carbons (Fsp3) is 0.588. The minimum Gasteiger partial charge on any atom is -0.301 e. The average Bonchev–Trinajstić information content (AvgIpc) is 3.14. The molecule has 0 aliphatic carbocycles. The molecule has 3 nitrogen and oxygen atoms in total. The average molecular weight is 401 g/mol. The first-order valence-corrected chi connectivity index (χ1v) is 11.4. The third-order valence-corrected chi connectivity index (χ3v) is 9.20. The molecule has 1 saturated heterocycles. The second-order valence-electron chi connectivity index (χ2n) is 7.26. The molecule has 24 heavy (non-hydrogen) atoms. The number of aliphatic imine (C=N–C) groups is 1. The standard InChI is InChI=1S/C17H24N2OS4/c1-16(2)8-12(9-17(3,4)19(16)20-5)18-10-13-11-23-15(24-13)14-21-6-7-22-14/h6-7,10-12H,8-9H2,1-5H3. The first-order valence-electron chi connectivity index (χ1n) is 7.97. The minimum absolute atomic E-state index is 0.0135. The fourth-order valence-corrected chi connectivity index (χ4v) is 8.01. The third kappa shape index (κ3) is 4.13. The molecule has 0 unspecified atom stereocenters. The number of thioether (sulfide) groups is 4. The van der Waals surface area contributed by atoms with E-state index in [0.29, 0.717) is 6.04 Å². The SMILES string of the molecule is CON1C(C)(C)CC(N=CC2=CSC(=C3SC=CS3)S2)CC1(C)C. The molecule has 3 aliphatic heterocycles. The number of rotatable bonds is 3. The van der Waals surface area contributed by atoms with E-state index in [-0.39, 0.29) is 11.1 Å². The van der Waals surface area contributed by atoms with Crippen molar-refractivity contribution in [2.24, 2.45) is 4.99 Å². The molecule has 0 bridgehead atoms. The molecule has 3 rings (SSSR count). The highest BCUT2D eigenvalue weighted by Crippen LogP contribution is 2.52. The molecule has 0 radical (unpaired) electrons. The van der Waals surface area contributed by atoms with E-state index >= 15 is 0 Å². The van der Waals surface area contributed by atoms with Gasteiger partial charge in [-0.2, -0.15) is 5.06 Å². The summed E-state index contributed by atoms with van der Waals surface area (Å²) in [6.45, 7) is 8.96. The molecule has 0 aromatic rings. The van der Waals surface area contributed by atoms with Crippen molar-refractivity contribution in [3.05, 3.63) is 29.6 Å². The lowest BCUT2D eigenvalue weighted by Gasteiger charge is -2.52. The first kappa shape index (κ1) is 19.0. The number of allylic oxidation sites excluding steroid dienone is 1. The highest BCUT2D eigenvalue weighted by Gasteiger charge is 2.46. The molecule has 0 saturated carbocycles. The van der Waals surface area contributed by atoms with Crippen LogP contribution in [0, 0.1) is 0 Å². The van der Waals surface area contributed by atoms with Crippen LogP contribution in [-0.2, 0) is 4.84 Å². The Morgan fingerprint density at radius 1 is 1.08 bits per heavy atom. The zero-order chi connectivity index (χ0) is 17.4. The monoisotopic (exact) mass is 400 g/mol. The second-order valence-corrected chi connectivity index (χ2v) is 11.6. The van der Waals surface area contributed by atoms with Crippen LogP contribution in [0.3, 0.4) is 0 Å². The molecule has 1 fully saturated rings. The molecule has 132 valence electrons. The van der Waals surface area contributed by atoms with E-state index in [2.05, 4.69) is 55.2 Å². The minimum atomic E-state index is -0.0135. The van der Waals surface area contributed by atoms with E-state index in [1.54, 1.807) is 7.11 Å². The van der Waals surface area contributed by atoms with E-state index in [9.17, 15) is 0 Å². The number of hydroxylamine groups is 2. The summed E-state index contributed by atoms with van der Waals surface area (Å²) < 4.78 is 2.77. The molecule has 0 spiro atoms. The Labute approximate surface area is 162 Å². The largest absolute Gasteiger partial charge is 0.301 e. The molecule has 3 heterocycles. The van der Waals surface area contributed by atoms with Crippen LogP contribution in [0.25, 0.3) is 0 Å². The zero-order valence-corrected chi connectivity index (χ0v) is 18.0. The van der Waals surface area contributed by atoms with Crippen LogP contribution in [0.15, 0.2) is 34.6 Å². The van der Waals surface area contributed by atoms with E-state index in [1.165, 1.54) is 13.4 Å². The van der Waals surface area contributed by atoms with Gasteiger partial charge in [0.1, 0.15) is 0 Å². The van der Waals surface area contributed by atoms with Crippen molar-refractivity contribution >= 4 is 53.3 Å². The third-order valence-electron chi connectivity index (χ3n) is 4.23. The van der Waals surface area contributed by atoms with Gasteiger partial charge in [0.2, 0.25) is 0 Å². The van der Waals surface area contributed by atoms with E-state index in [0.717, 1.165) is 12.8 Å². The highest BCUT2D eigenvalue weighted by atomic mass is 32.2. The van der Waals surface area contributed by atoms with E-state index < -0.39 is 0 Å². The number of hydrogen-bond acceptors (Lipinski definition) is 7. The summed E-state index contributed by atoms with van der Waals surface area (Å²) in [4.78, 5) is 11.8. The number of hydrogen-bond donors (Lipinski definition) is 0. The van der Waals surface area contributed by atoms with Crippen LogP contribution in [0.5, 0.6) is 0 Å². The van der Waals surface area contributed by atoms with Crippen molar-refractivity contribution < 1.29 is 4.84 Å². The van der Waals surface area contributed by atoms with Crippen molar-refractivity contribution in [1.29, 1.82) is 0 Å². The smallest absolute Gasteiger partial charge is 0.0700 e. The summed E-state index contributed by atoms with van der Waals surface area (Å²) in [5.74, 6) is 0. The number of piperidine rings is 1. The van der Waals surface area contributed by atoms with Gasteiger partial charge in [0.15, 0.2) is 0 Å². The van der Waals surface area contributed by atoms with Gasteiger partial charge in [-0.05, 0) is 56.8 Å². The molecule has 0 aromatic carbocycles. The maximum atomic E-state index is 5.66. The first-order chi connectivity index (χ1) is 11.3. The molecule has 0 aromatic heterocycles. The van der Waals surface area contributed by atoms with E-state index in [1.807, 2.05) is 47.0 Å². The summed E-state index contributed by atoms with van der Waals surface area (Å²) in [6.07, 6.45) is 4.09. The highest BCUT2D eigenvalue weighted by molar-refractivity contribution is 8.33. The molecule has 0 amide bonds. The predicted octanol–water partition coefficient (Wildman–Crippen LogP) is 6.04. The van der Waals surface area contributed by atoms with Crippen molar-refractivity contribution in [3.8, 4) is 0 Å². The Morgan fingerprint density at radius 2 is 1.71 bits per heavy atom. The Bertz CT molecular complexity index is 594. The lowest BCUT2D eigenvalue weighted by atomic mass is 9.79. The van der Waals surface area contributed by atoms with E-state index in [4.69, 9.17) is 9.83 Å². The van der Waals surface area contributed by atoms with Crippen molar-refractivity contribution in [3.63, 3.8) is 0 Å². The van der Waals surface area contributed by atoms with Gasteiger partial charge in [0.25, 0.3) is 0 Å². The molecule has 7 heteroatoms. The predicted molar refractivity (Wildman–Crippen MR) is 113 cm³/mol. The van der Waals surface area contributed by atoms with Crippen LogP contribution < -0.4 is 0 Å². The van der Waals surface area contributed by atoms with Gasteiger partial charge in [0.05, 0.1) is 21.6 Å². The van der Waals surface area contributed by atoms with Crippen LogP contribution in [0.2, 0.25) is 0 Å². The van der Waals surface area contributed by atoms with Gasteiger partial charge in [-0.25, -0.2) is 0 Å². The molecule has 3 aliphatic rings. The van der Waals surface area contributed by atoms with Gasteiger partial charge < -0.3 is 4.84 Å². The Morgan fingerprint density at radius 3 is 2.29 bits per heavy atom. The van der Waals surface area contributed by atoms with Crippen LogP contribution in [0.1, 0.15) is 40.5 Å². The van der Waals surface area contributed by atoms with Gasteiger partial charge in [-0.3, -0.25) is 4.99 Å². The zero-order valence-electron chi connectivity index (χ0n) is 14.7. The molecular formula is C17H24N2OS4. The molecule has 0 atom stereocenters. The topological polar surface area (TPSA) is 24.8 Å². The van der Waals surface area contributed by atoms with Crippen molar-refractivity contribution in [2.45, 2.75) is 57.7 Å². The Hall–Kier alpha value is 0.210. The second kappa shape index (κ2) is 7.45. The Balaban J connectivity index is 1.64. The lowest BCUT2D eigenvalue weighted by Crippen LogP contribution is -2.60. The number of nitrogens with zero attached hydrogens (tertiary/aromatic N) is 2. The quantitative estimate of drug-likeness (QED) is 0.536. The summed E-state index contributed by atoms with van der Waals surface area (Å²) in [6, 6.07) is 0.335. The molecule has 0 N–H and O–H groups in total. The van der Waals surface area contributed by atoms with Gasteiger partial charge >= 0.3 is 0 Å². The van der Waals surface area contributed by atoms with Crippen LogP contribution in [0.4, 0.5) is 0 Å². The summed E-state index contributed by atoms with van der Waals surface area (Å²) in [5.41, 5.74) is -0.0270. The summed E-state index contributed by atoms with van der Waals surface area (Å²) in [7, 11) is 1.77. The lowest BCUT2D eigenvalue weighted by molar-refractivity contribution is -0.265. The Kier molecular flexibility index (Phi) is 5.89. The molecular weight excluding hydrogens is 376 g/mol. The summed E-state index contributed by atoms with van der Waals surface area (Å²) in [5, 5.41) is 8.65. The van der Waals surface area contributed by atoms with Crippen LogP contribution in [-0.4, -0.2) is 35.5 Å². The van der Waals surface area contributed by atoms with Gasteiger partial charge in [0, 0.05) is 22.2 Å². The van der Waals surface area contributed by atoms with Crippen molar-refractivity contribution in [1.82, 2.24) is 5.06 Å². The fourth-order valence-electron chi connectivity index (χ4n) is 3.71. The normalized spacial score (nSPS) is 27.5. The maximum absolute atomic E-state index is 5.66. The van der Waals surface area contributed by atoms with Gasteiger partial charge in [-0.1, -0.05) is 47.0 Å². The van der Waals surface area contributed by atoms with Crippen LogP contribution >= 0.6 is 47.0 Å².